The SMILES string of the molecule is CCC(C)(C)CC.COC1CCC2C3CCc4cc(N5CCC(N(C)CCOCC=O)CC5)ccc4C3CCC12C.O=CO.[B]C(C)(F)C([B])([B])CCCS. The fourth-order valence-corrected chi connectivity index (χ4v) is 9.22. The second kappa shape index (κ2) is 23.2. The number of hydrogen-bond acceptors (Lipinski definition) is 7. The highest BCUT2D eigenvalue weighted by molar-refractivity contribution is 7.80. The highest BCUT2D eigenvalue weighted by Gasteiger charge is 2.55. The van der Waals surface area contributed by atoms with Gasteiger partial charge in [0.1, 0.15) is 20.7 Å². The molecule has 6 radical (unpaired) electrons. The van der Waals surface area contributed by atoms with Gasteiger partial charge in [0.15, 0.2) is 0 Å². The van der Waals surface area contributed by atoms with Gasteiger partial charge in [0.2, 0.25) is 0 Å². The molecule has 0 spiro atoms. The summed E-state index contributed by atoms with van der Waals surface area (Å²) in [6, 6.07) is 8.05. The molecule has 0 amide bonds. The number of anilines is 1. The summed E-state index contributed by atoms with van der Waals surface area (Å²) in [5.74, 6) is 3.07. The van der Waals surface area contributed by atoms with Crippen molar-refractivity contribution in [3.05, 3.63) is 29.3 Å². The van der Waals surface area contributed by atoms with Crippen molar-refractivity contribution in [3.63, 3.8) is 0 Å². The summed E-state index contributed by atoms with van der Waals surface area (Å²) in [5.41, 5.74) is 3.65. The number of piperidine rings is 1. The van der Waals surface area contributed by atoms with Crippen molar-refractivity contribution in [2.75, 3.05) is 57.7 Å². The Hall–Kier alpha value is -1.49. The van der Waals surface area contributed by atoms with Gasteiger partial charge in [-0.15, -0.1) is 0 Å². The van der Waals surface area contributed by atoms with Crippen LogP contribution in [0.4, 0.5) is 10.1 Å². The number of carbonyl (C=O) groups is 2. The van der Waals surface area contributed by atoms with E-state index in [0.717, 1.165) is 43.7 Å². The van der Waals surface area contributed by atoms with Crippen LogP contribution in [-0.4, -0.2) is 117 Å². The molecule has 4 aliphatic rings. The van der Waals surface area contributed by atoms with Gasteiger partial charge in [0, 0.05) is 38.5 Å². The van der Waals surface area contributed by atoms with Gasteiger partial charge in [-0.2, -0.15) is 12.6 Å². The molecule has 0 bridgehead atoms. The van der Waals surface area contributed by atoms with E-state index in [-0.39, 0.29) is 13.1 Å². The zero-order valence-corrected chi connectivity index (χ0v) is 36.4. The van der Waals surface area contributed by atoms with Crippen LogP contribution in [0.2, 0.25) is 5.21 Å². The number of aldehydes is 1. The average Bonchev–Trinajstić information content (AvgIpc) is 3.52. The van der Waals surface area contributed by atoms with E-state index in [1.165, 1.54) is 76.8 Å². The summed E-state index contributed by atoms with van der Waals surface area (Å²) in [6.45, 7) is 16.5. The Labute approximate surface area is 344 Å². The van der Waals surface area contributed by atoms with Crippen molar-refractivity contribution in [2.45, 2.75) is 147 Å². The minimum absolute atomic E-state index is 0.208. The first kappa shape index (κ1) is 49.7. The van der Waals surface area contributed by atoms with Crippen LogP contribution in [0.25, 0.3) is 0 Å². The molecule has 1 saturated heterocycles. The lowest BCUT2D eigenvalue weighted by Gasteiger charge is -2.50. The van der Waals surface area contributed by atoms with Gasteiger partial charge in [0.05, 0.1) is 34.0 Å². The van der Waals surface area contributed by atoms with E-state index in [1.54, 1.807) is 11.1 Å². The maximum atomic E-state index is 13.0. The summed E-state index contributed by atoms with van der Waals surface area (Å²) in [4.78, 5) is 23.8. The second-order valence-corrected chi connectivity index (χ2v) is 18.0. The smallest absolute Gasteiger partial charge is 0.290 e. The number of fused-ring (bicyclic) bond motifs is 5. The first-order valence-electron chi connectivity index (χ1n) is 20.8. The molecule has 1 heterocycles. The summed E-state index contributed by atoms with van der Waals surface area (Å²) < 4.78 is 24.3. The molecular formula is C43H72B3FN2O5S. The van der Waals surface area contributed by atoms with Crippen LogP contribution in [0.3, 0.4) is 0 Å². The number of hydrogen-bond donors (Lipinski definition) is 2. The van der Waals surface area contributed by atoms with Crippen molar-refractivity contribution in [1.82, 2.24) is 4.90 Å². The van der Waals surface area contributed by atoms with Gasteiger partial charge in [-0.05, 0) is 129 Å². The topological polar surface area (TPSA) is 79.3 Å². The van der Waals surface area contributed by atoms with Gasteiger partial charge >= 0.3 is 0 Å². The number of nitrogens with zero attached hydrogens (tertiary/aromatic N) is 2. The molecule has 1 N–H and O–H groups in total. The van der Waals surface area contributed by atoms with Gasteiger partial charge in [-0.1, -0.05) is 65.2 Å². The van der Waals surface area contributed by atoms with Gasteiger partial charge in [-0.25, -0.2) is 0 Å². The Kier molecular flexibility index (Phi) is 20.9. The number of carboxylic acid groups (broad SMARTS) is 1. The van der Waals surface area contributed by atoms with Crippen LogP contribution in [0, 0.1) is 22.7 Å². The molecule has 5 rings (SSSR count). The minimum Gasteiger partial charge on any atom is -0.483 e. The Morgan fingerprint density at radius 3 is 2.22 bits per heavy atom. The maximum Gasteiger partial charge on any atom is 0.290 e. The highest BCUT2D eigenvalue weighted by Crippen LogP contribution is 2.61. The second-order valence-electron chi connectivity index (χ2n) is 17.5. The maximum absolute atomic E-state index is 13.0. The zero-order valence-electron chi connectivity index (χ0n) is 35.5. The quantitative estimate of drug-likeness (QED) is 0.0854. The summed E-state index contributed by atoms with van der Waals surface area (Å²) >= 11 is 3.95. The summed E-state index contributed by atoms with van der Waals surface area (Å²) in [7, 11) is 20.1. The first-order valence-corrected chi connectivity index (χ1v) is 21.4. The lowest BCUT2D eigenvalue weighted by molar-refractivity contribution is -0.122. The first-order chi connectivity index (χ1) is 25.9. The van der Waals surface area contributed by atoms with Crippen molar-refractivity contribution in [2.24, 2.45) is 22.7 Å². The highest BCUT2D eigenvalue weighted by atomic mass is 32.1. The third kappa shape index (κ3) is 14.1. The predicted octanol–water partition coefficient (Wildman–Crippen LogP) is 8.21. The summed E-state index contributed by atoms with van der Waals surface area (Å²) in [5, 5.41) is 5.44. The van der Waals surface area contributed by atoms with Gasteiger partial charge in [0.25, 0.3) is 6.47 Å². The monoisotopic (exact) mass is 781 g/mol. The van der Waals surface area contributed by atoms with Crippen LogP contribution in [0.15, 0.2) is 18.2 Å². The molecule has 0 aromatic heterocycles. The molecule has 306 valence electrons. The molecule has 12 heteroatoms. The van der Waals surface area contributed by atoms with E-state index in [2.05, 4.69) is 82.3 Å². The Bertz CT molecular complexity index is 1270. The van der Waals surface area contributed by atoms with Crippen molar-refractivity contribution < 1.29 is 28.6 Å². The van der Waals surface area contributed by atoms with Crippen molar-refractivity contribution in [3.8, 4) is 0 Å². The van der Waals surface area contributed by atoms with Crippen LogP contribution < -0.4 is 4.90 Å². The molecule has 55 heavy (non-hydrogen) atoms. The fourth-order valence-electron chi connectivity index (χ4n) is 9.06. The molecule has 1 aliphatic heterocycles. The minimum atomic E-state index is -2.03. The molecule has 6 unspecified atom stereocenters. The number of ether oxygens (including phenoxy) is 2. The molecule has 7 nitrogen and oxygen atoms in total. The Morgan fingerprint density at radius 1 is 1.05 bits per heavy atom. The van der Waals surface area contributed by atoms with Crippen LogP contribution in [0.5, 0.6) is 0 Å². The molecule has 1 aromatic rings. The molecule has 3 fully saturated rings. The largest absolute Gasteiger partial charge is 0.483 e. The lowest BCUT2D eigenvalue weighted by Crippen LogP contribution is -2.45. The third-order valence-corrected chi connectivity index (χ3v) is 14.0. The number of halogens is 1. The lowest BCUT2D eigenvalue weighted by atomic mass is 9.41. The molecule has 3 aliphatic carbocycles. The molecular weight excluding hydrogens is 708 g/mol. The number of rotatable bonds is 14. The van der Waals surface area contributed by atoms with Gasteiger partial charge in [-0.3, -0.25) is 9.18 Å². The number of carbonyl (C=O) groups excluding carboxylic acids is 1. The third-order valence-electron chi connectivity index (χ3n) is 13.7. The normalized spacial score (nSPS) is 26.0. The van der Waals surface area contributed by atoms with Gasteiger partial charge < -0.3 is 29.2 Å². The Balaban J connectivity index is 0.000000411. The number of alkyl halides is 1. The fraction of sp³-hybridized carbons (Fsp3) is 0.814. The van der Waals surface area contributed by atoms with E-state index in [4.69, 9.17) is 42.9 Å². The number of likely N-dealkylation sites (N-methyl/N-ethyl adjacent to an activating group) is 1. The molecule has 1 aromatic carbocycles. The number of benzene rings is 1. The van der Waals surface area contributed by atoms with Crippen molar-refractivity contribution >= 4 is 54.6 Å². The van der Waals surface area contributed by atoms with Crippen LogP contribution in [0.1, 0.15) is 129 Å². The zero-order chi connectivity index (χ0) is 41.5. The Morgan fingerprint density at radius 2 is 1.69 bits per heavy atom. The number of methoxy groups -OCH3 is 1. The number of thiol groups is 1. The standard InChI is InChI=1S/C29H44N2O3.C7H16.C6H10B3FS.CH2O2/c1-29-13-10-25-24-7-5-23(20-21(24)4-6-26(25)27(29)8-9-28(29)33-3)31-14-11-22(12-15-31)30(2)16-18-34-19-17-32;1-5-7(3,4)6-2;1-5(7,10)6(8,9)3-2-4-11;2-1-3/h5,7,17,20,22,25-28H,4,6,8-16,18-19H2,1-3H3;5-6H2,1-4H3;11H,2-4H2,1H3;1H,(H,2,3). The van der Waals surface area contributed by atoms with Crippen LogP contribution >= 0.6 is 12.6 Å². The predicted molar refractivity (Wildman–Crippen MR) is 232 cm³/mol. The molecule has 6 atom stereocenters. The number of aryl methyl sites for hydroxylation is 1. The van der Waals surface area contributed by atoms with Crippen LogP contribution in [-0.2, 0) is 25.5 Å². The van der Waals surface area contributed by atoms with Crippen molar-refractivity contribution in [1.29, 1.82) is 0 Å². The summed E-state index contributed by atoms with van der Waals surface area (Å²) in [6.07, 6.45) is 15.1. The van der Waals surface area contributed by atoms with E-state index in [1.807, 2.05) is 7.11 Å². The van der Waals surface area contributed by atoms with E-state index >= 15 is 0 Å². The van der Waals surface area contributed by atoms with E-state index in [0.29, 0.717) is 48.2 Å². The average molecular weight is 781 g/mol. The van der Waals surface area contributed by atoms with E-state index in [9.17, 15) is 9.18 Å². The van der Waals surface area contributed by atoms with E-state index < -0.39 is 10.8 Å². The molecule has 2 saturated carbocycles.